The van der Waals surface area contributed by atoms with Crippen molar-refractivity contribution in [1.29, 1.82) is 0 Å². The second kappa shape index (κ2) is 22.4. The van der Waals surface area contributed by atoms with Crippen molar-refractivity contribution in [3.63, 3.8) is 0 Å². The van der Waals surface area contributed by atoms with Gasteiger partial charge in [-0.05, 0) is 145 Å². The summed E-state index contributed by atoms with van der Waals surface area (Å²) in [5.74, 6) is 1.54. The zero-order valence-electron chi connectivity index (χ0n) is 49.7. The van der Waals surface area contributed by atoms with Crippen molar-refractivity contribution in [1.82, 2.24) is 9.55 Å². The van der Waals surface area contributed by atoms with Crippen LogP contribution in [-0.2, 0) is 31.9 Å². The van der Waals surface area contributed by atoms with Crippen molar-refractivity contribution in [2.24, 2.45) is 0 Å². The molecular formula is C74H73F2N4OPt-3. The topological polar surface area (TPSA) is 33.5 Å². The fourth-order valence-corrected chi connectivity index (χ4v) is 11.5. The molecule has 0 amide bonds. The number of nitrogens with zero attached hydrogens (tertiary/aromatic N) is 4. The van der Waals surface area contributed by atoms with Crippen LogP contribution in [0.3, 0.4) is 0 Å². The Morgan fingerprint density at radius 3 is 1.70 bits per heavy atom. The van der Waals surface area contributed by atoms with Gasteiger partial charge in [-0.1, -0.05) is 169 Å². The number of benzene rings is 8. The van der Waals surface area contributed by atoms with Crippen LogP contribution in [0.2, 0.25) is 0 Å². The molecule has 0 spiro atoms. The van der Waals surface area contributed by atoms with E-state index in [2.05, 4.69) is 251 Å². The van der Waals surface area contributed by atoms with E-state index in [1.165, 1.54) is 39.9 Å². The van der Waals surface area contributed by atoms with Crippen molar-refractivity contribution in [2.45, 2.75) is 131 Å². The van der Waals surface area contributed by atoms with E-state index in [1.54, 1.807) is 0 Å². The second-order valence-electron chi connectivity index (χ2n) is 25.3. The quantitative estimate of drug-likeness (QED) is 0.114. The standard InChI is InChI=1S/C74H73F2N4O.Pt/c1-44(2)48-30-49(45(3)4)32-50(31-48)64-37-54(74(12,13)14)38-65(51-33-55(75)40-56(76)34-51)72(64)79-43-78(67-24-17-18-25-68(67)79)57-35-52(71-60(46(5)6)21-19-22-61(71)47(7)8)36-59(41-57)81-58-26-27-63-62-20-15-16-23-66(62)80(69(63)42-58)70-39-53(28-29-77-70)73(9,10)11;/h15-40,43-47H,1-14H3;/q-3;. The van der Waals surface area contributed by atoms with E-state index in [4.69, 9.17) is 9.72 Å². The number of ether oxygens (including phenoxy) is 1. The summed E-state index contributed by atoms with van der Waals surface area (Å²) in [4.78, 5) is 9.33. The Labute approximate surface area is 499 Å². The summed E-state index contributed by atoms with van der Waals surface area (Å²) in [5, 5.41) is 2.14. The minimum atomic E-state index is -0.638. The Hall–Kier alpha value is -7.34. The van der Waals surface area contributed by atoms with E-state index in [-0.39, 0.29) is 55.6 Å². The zero-order chi connectivity index (χ0) is 57.4. The molecule has 0 N–H and O–H groups in total. The Kier molecular flexibility index (Phi) is 15.8. The SMILES string of the molecule is CC(C)c1cc(-c2cc(C(C)(C)C)cc(-c3cc(F)cc(F)c3)c2N2[CH-]N(c3[c-]c(Oc4[c-]c5c(cc4)c4ccccc4n5-c4cc(C(C)(C)C)ccn4)cc(-c4c(C(C)C)cccc4C(C)C)c3)c3ccccc32)cc(C(C)C)c1.[Pt]. The van der Waals surface area contributed by atoms with E-state index in [0.717, 1.165) is 84.3 Å². The average Bonchev–Trinajstić information content (AvgIpc) is 4.04. The third-order valence-electron chi connectivity index (χ3n) is 16.0. The molecule has 10 aromatic rings. The molecule has 0 aliphatic carbocycles. The molecule has 0 bridgehead atoms. The maximum atomic E-state index is 15.7. The first-order chi connectivity index (χ1) is 38.5. The van der Waals surface area contributed by atoms with E-state index >= 15 is 8.78 Å². The van der Waals surface area contributed by atoms with Crippen molar-refractivity contribution in [3.05, 3.63) is 222 Å². The Morgan fingerprint density at radius 2 is 1.10 bits per heavy atom. The van der Waals surface area contributed by atoms with E-state index in [0.29, 0.717) is 22.6 Å². The molecule has 3 heterocycles. The normalized spacial score (nSPS) is 12.9. The largest absolute Gasteiger partial charge is 0.509 e. The Balaban J connectivity index is 0.00000753. The van der Waals surface area contributed by atoms with Gasteiger partial charge in [0, 0.05) is 78.5 Å². The minimum Gasteiger partial charge on any atom is -0.509 e. The molecule has 11 rings (SSSR count). The average molecular weight is 1270 g/mol. The molecule has 2 aromatic heterocycles. The van der Waals surface area contributed by atoms with Crippen molar-refractivity contribution in [2.75, 3.05) is 9.80 Å². The fraction of sp³-hybridized carbons (Fsp3) is 0.270. The molecule has 1 aliphatic rings. The van der Waals surface area contributed by atoms with Gasteiger partial charge in [0.05, 0.1) is 0 Å². The predicted octanol–water partition coefficient (Wildman–Crippen LogP) is 21.3. The van der Waals surface area contributed by atoms with Gasteiger partial charge in [0.1, 0.15) is 17.5 Å². The van der Waals surface area contributed by atoms with Crippen LogP contribution in [0, 0.1) is 30.4 Å². The first-order valence-electron chi connectivity index (χ1n) is 28.7. The monoisotopic (exact) mass is 1270 g/mol. The van der Waals surface area contributed by atoms with Crippen LogP contribution in [0.5, 0.6) is 11.5 Å². The number of para-hydroxylation sites is 3. The molecule has 8 heteroatoms. The van der Waals surface area contributed by atoms with Crippen LogP contribution < -0.4 is 14.5 Å². The smallest absolute Gasteiger partial charge is 0.135 e. The summed E-state index contributed by atoms with van der Waals surface area (Å²) < 4.78 is 40.7. The van der Waals surface area contributed by atoms with Gasteiger partial charge in [-0.2, -0.15) is 6.07 Å². The number of aromatic nitrogens is 2. The number of anilines is 4. The first kappa shape index (κ1) is 57.9. The maximum absolute atomic E-state index is 15.7. The molecular weight excluding hydrogens is 1190 g/mol. The van der Waals surface area contributed by atoms with Crippen LogP contribution in [0.25, 0.3) is 61.0 Å². The Morgan fingerprint density at radius 1 is 0.512 bits per heavy atom. The molecule has 5 nitrogen and oxygen atoms in total. The van der Waals surface area contributed by atoms with Gasteiger partial charge in [-0.25, -0.2) is 13.8 Å². The number of pyridine rings is 1. The predicted molar refractivity (Wildman–Crippen MR) is 334 cm³/mol. The second-order valence-corrected chi connectivity index (χ2v) is 25.3. The summed E-state index contributed by atoms with van der Waals surface area (Å²) in [6.07, 6.45) is 1.89. The molecule has 8 aromatic carbocycles. The maximum Gasteiger partial charge on any atom is 0.135 e. The van der Waals surface area contributed by atoms with Crippen molar-refractivity contribution < 1.29 is 34.6 Å². The molecule has 0 unspecified atom stereocenters. The molecule has 0 saturated heterocycles. The third-order valence-corrected chi connectivity index (χ3v) is 16.0. The fourth-order valence-electron chi connectivity index (χ4n) is 11.5. The van der Waals surface area contributed by atoms with Crippen molar-refractivity contribution >= 4 is 44.6 Å². The third kappa shape index (κ3) is 11.1. The summed E-state index contributed by atoms with van der Waals surface area (Å²) in [6.45, 7) is 33.2. The Bertz CT molecular complexity index is 3970. The van der Waals surface area contributed by atoms with E-state index < -0.39 is 11.6 Å². The van der Waals surface area contributed by atoms with Crippen LogP contribution in [-0.4, -0.2) is 9.55 Å². The summed E-state index contributed by atoms with van der Waals surface area (Å²) in [7, 11) is 0. The van der Waals surface area contributed by atoms with Crippen LogP contribution in [0.15, 0.2) is 158 Å². The van der Waals surface area contributed by atoms with Gasteiger partial charge in [-0.15, -0.1) is 53.6 Å². The zero-order valence-corrected chi connectivity index (χ0v) is 51.9. The van der Waals surface area contributed by atoms with Gasteiger partial charge >= 0.3 is 0 Å². The van der Waals surface area contributed by atoms with Gasteiger partial charge < -0.3 is 19.1 Å². The summed E-state index contributed by atoms with van der Waals surface area (Å²) in [5.41, 5.74) is 17.3. The summed E-state index contributed by atoms with van der Waals surface area (Å²) >= 11 is 0. The van der Waals surface area contributed by atoms with Crippen LogP contribution in [0.1, 0.15) is 154 Å². The molecule has 422 valence electrons. The van der Waals surface area contributed by atoms with Gasteiger partial charge in [0.25, 0.3) is 0 Å². The molecule has 0 fully saturated rings. The first-order valence-corrected chi connectivity index (χ1v) is 28.7. The molecule has 0 radical (unpaired) electrons. The minimum absolute atomic E-state index is 0. The molecule has 1 aliphatic heterocycles. The van der Waals surface area contributed by atoms with Gasteiger partial charge in [0.2, 0.25) is 0 Å². The summed E-state index contributed by atoms with van der Waals surface area (Å²) in [6, 6.07) is 58.8. The number of halogens is 2. The molecule has 0 atom stereocenters. The van der Waals surface area contributed by atoms with Gasteiger partial charge in [0.15, 0.2) is 0 Å². The molecule has 0 saturated carbocycles. The van der Waals surface area contributed by atoms with Crippen LogP contribution >= 0.6 is 0 Å². The number of rotatable bonds is 12. The van der Waals surface area contributed by atoms with E-state index in [1.807, 2.05) is 18.3 Å². The number of hydrogen-bond donors (Lipinski definition) is 0. The van der Waals surface area contributed by atoms with Crippen LogP contribution in [0.4, 0.5) is 31.5 Å². The number of hydrogen-bond acceptors (Lipinski definition) is 4. The number of fused-ring (bicyclic) bond motifs is 4. The van der Waals surface area contributed by atoms with E-state index in [9.17, 15) is 0 Å². The molecule has 82 heavy (non-hydrogen) atoms. The van der Waals surface area contributed by atoms with Gasteiger partial charge in [-0.3, -0.25) is 0 Å². The van der Waals surface area contributed by atoms with Crippen molar-refractivity contribution in [3.8, 4) is 50.7 Å².